The molecular formula is C13H14Cl2N4O2. The Kier molecular flexibility index (Phi) is 5.17. The highest BCUT2D eigenvalue weighted by atomic mass is 35.5. The molecule has 4 N–H and O–H groups in total. The molecule has 0 fully saturated rings. The third-order valence-corrected chi connectivity index (χ3v) is 3.59. The van der Waals surface area contributed by atoms with Crippen LogP contribution in [0.3, 0.4) is 0 Å². The summed E-state index contributed by atoms with van der Waals surface area (Å²) >= 11 is 11.8. The number of hydrogen-bond donors (Lipinski definition) is 2. The van der Waals surface area contributed by atoms with Crippen LogP contribution in [0.25, 0.3) is 0 Å². The number of benzene rings is 1. The van der Waals surface area contributed by atoms with Gasteiger partial charge in [0, 0.05) is 12.8 Å². The van der Waals surface area contributed by atoms with Gasteiger partial charge in [0.05, 0.1) is 16.1 Å². The monoisotopic (exact) mass is 328 g/mol. The fourth-order valence-corrected chi connectivity index (χ4v) is 2.06. The van der Waals surface area contributed by atoms with Crippen LogP contribution in [0.15, 0.2) is 22.7 Å². The van der Waals surface area contributed by atoms with Gasteiger partial charge in [-0.2, -0.15) is 4.98 Å². The number of hydrogen-bond acceptors (Lipinski definition) is 5. The average Bonchev–Trinajstić information content (AvgIpc) is 2.89. The van der Waals surface area contributed by atoms with Gasteiger partial charge >= 0.3 is 0 Å². The first kappa shape index (κ1) is 15.8. The van der Waals surface area contributed by atoms with E-state index in [4.69, 9.17) is 39.2 Å². The number of carbonyl (C=O) groups is 1. The van der Waals surface area contributed by atoms with Crippen molar-refractivity contribution in [2.75, 3.05) is 0 Å². The molecule has 1 aromatic heterocycles. The van der Waals surface area contributed by atoms with E-state index in [2.05, 4.69) is 10.1 Å². The molecule has 0 aliphatic carbocycles. The maximum atomic E-state index is 10.7. The average molecular weight is 329 g/mol. The van der Waals surface area contributed by atoms with Crippen molar-refractivity contribution in [2.24, 2.45) is 11.5 Å². The highest BCUT2D eigenvalue weighted by Crippen LogP contribution is 2.23. The van der Waals surface area contributed by atoms with Crippen LogP contribution in [0.1, 0.15) is 36.2 Å². The molecule has 2 aromatic rings. The molecule has 1 amide bonds. The summed E-state index contributed by atoms with van der Waals surface area (Å²) in [5.74, 6) is 0.352. The number of nitrogens with zero attached hydrogens (tertiary/aromatic N) is 2. The Morgan fingerprint density at radius 1 is 1.33 bits per heavy atom. The Bertz CT molecular complexity index is 645. The molecule has 0 aliphatic heterocycles. The summed E-state index contributed by atoms with van der Waals surface area (Å²) in [4.78, 5) is 14.9. The molecule has 0 saturated heterocycles. The molecule has 21 heavy (non-hydrogen) atoms. The van der Waals surface area contributed by atoms with E-state index < -0.39 is 11.9 Å². The molecule has 6 nitrogen and oxygen atoms in total. The summed E-state index contributed by atoms with van der Waals surface area (Å²) in [6.07, 6.45) is 0.984. The fourth-order valence-electron chi connectivity index (χ4n) is 1.74. The SMILES string of the molecule is NC(=O)CC[C@H](N)c1nc(Cc2ccc(Cl)c(Cl)c2)no1. The molecule has 0 bridgehead atoms. The van der Waals surface area contributed by atoms with Crippen LogP contribution in [0.5, 0.6) is 0 Å². The zero-order chi connectivity index (χ0) is 15.4. The Morgan fingerprint density at radius 2 is 2.10 bits per heavy atom. The van der Waals surface area contributed by atoms with Crippen molar-refractivity contribution in [2.45, 2.75) is 25.3 Å². The number of rotatable bonds is 6. The first-order valence-corrected chi connectivity index (χ1v) is 7.01. The quantitative estimate of drug-likeness (QED) is 0.845. The number of amides is 1. The smallest absolute Gasteiger partial charge is 0.243 e. The minimum Gasteiger partial charge on any atom is -0.370 e. The maximum absolute atomic E-state index is 10.7. The lowest BCUT2D eigenvalue weighted by atomic mass is 10.1. The Labute approximate surface area is 131 Å². The van der Waals surface area contributed by atoms with Crippen molar-refractivity contribution >= 4 is 29.1 Å². The zero-order valence-electron chi connectivity index (χ0n) is 11.1. The maximum Gasteiger partial charge on any atom is 0.243 e. The molecule has 2 rings (SSSR count). The lowest BCUT2D eigenvalue weighted by Crippen LogP contribution is -2.16. The van der Waals surface area contributed by atoms with Crippen molar-refractivity contribution < 1.29 is 9.32 Å². The van der Waals surface area contributed by atoms with Crippen LogP contribution in [0.2, 0.25) is 10.0 Å². The van der Waals surface area contributed by atoms with Crippen molar-refractivity contribution in [3.63, 3.8) is 0 Å². The van der Waals surface area contributed by atoms with E-state index in [0.29, 0.717) is 28.7 Å². The topological polar surface area (TPSA) is 108 Å². The van der Waals surface area contributed by atoms with E-state index in [1.54, 1.807) is 12.1 Å². The van der Waals surface area contributed by atoms with E-state index in [0.717, 1.165) is 5.56 Å². The van der Waals surface area contributed by atoms with Crippen LogP contribution in [-0.4, -0.2) is 16.0 Å². The third kappa shape index (κ3) is 4.42. The standard InChI is InChI=1S/C13H14Cl2N4O2/c14-8-2-1-7(5-9(8)15)6-12-18-13(21-19-12)10(16)3-4-11(17)20/h1-2,5,10H,3-4,6,16H2,(H2,17,20)/t10-/m0/s1. The molecule has 1 aromatic carbocycles. The number of aromatic nitrogens is 2. The lowest BCUT2D eigenvalue weighted by molar-refractivity contribution is -0.118. The fraction of sp³-hybridized carbons (Fsp3) is 0.308. The van der Waals surface area contributed by atoms with Crippen LogP contribution >= 0.6 is 23.2 Å². The highest BCUT2D eigenvalue weighted by molar-refractivity contribution is 6.42. The number of carbonyl (C=O) groups excluding carboxylic acids is 1. The summed E-state index contributed by atoms with van der Waals surface area (Å²) < 4.78 is 5.09. The van der Waals surface area contributed by atoms with Crippen molar-refractivity contribution in [3.05, 3.63) is 45.5 Å². The van der Waals surface area contributed by atoms with Crippen LogP contribution in [-0.2, 0) is 11.2 Å². The molecule has 1 heterocycles. The van der Waals surface area contributed by atoms with E-state index in [1.165, 1.54) is 0 Å². The third-order valence-electron chi connectivity index (χ3n) is 2.85. The number of primary amides is 1. The Hall–Kier alpha value is -1.63. The van der Waals surface area contributed by atoms with E-state index in [9.17, 15) is 4.79 Å². The van der Waals surface area contributed by atoms with Gasteiger partial charge in [-0.15, -0.1) is 0 Å². The van der Waals surface area contributed by atoms with E-state index in [1.807, 2.05) is 6.07 Å². The van der Waals surface area contributed by atoms with Crippen LogP contribution < -0.4 is 11.5 Å². The van der Waals surface area contributed by atoms with Gasteiger partial charge in [-0.3, -0.25) is 4.79 Å². The normalized spacial score (nSPS) is 12.3. The molecule has 0 spiro atoms. The minimum absolute atomic E-state index is 0.172. The molecule has 8 heteroatoms. The van der Waals surface area contributed by atoms with Gasteiger partial charge in [-0.1, -0.05) is 34.4 Å². The molecule has 112 valence electrons. The van der Waals surface area contributed by atoms with Gasteiger partial charge in [0.25, 0.3) is 0 Å². The largest absolute Gasteiger partial charge is 0.370 e. The second-order valence-electron chi connectivity index (χ2n) is 4.59. The summed E-state index contributed by atoms with van der Waals surface area (Å²) in [6.45, 7) is 0. The summed E-state index contributed by atoms with van der Waals surface area (Å²) in [5, 5.41) is 4.81. The van der Waals surface area contributed by atoms with Crippen LogP contribution in [0.4, 0.5) is 0 Å². The van der Waals surface area contributed by atoms with E-state index >= 15 is 0 Å². The van der Waals surface area contributed by atoms with Gasteiger partial charge in [0.1, 0.15) is 0 Å². The second kappa shape index (κ2) is 6.89. The van der Waals surface area contributed by atoms with Gasteiger partial charge in [-0.25, -0.2) is 0 Å². The van der Waals surface area contributed by atoms with Gasteiger partial charge < -0.3 is 16.0 Å². The molecule has 0 radical (unpaired) electrons. The van der Waals surface area contributed by atoms with E-state index in [-0.39, 0.29) is 12.3 Å². The molecule has 0 unspecified atom stereocenters. The minimum atomic E-state index is -0.507. The van der Waals surface area contributed by atoms with Crippen molar-refractivity contribution in [1.29, 1.82) is 0 Å². The van der Waals surface area contributed by atoms with Gasteiger partial charge in [0.15, 0.2) is 5.82 Å². The molecule has 0 aliphatic rings. The van der Waals surface area contributed by atoms with Gasteiger partial charge in [0.2, 0.25) is 11.8 Å². The Balaban J connectivity index is 2.02. The summed E-state index contributed by atoms with van der Waals surface area (Å²) in [7, 11) is 0. The molecular weight excluding hydrogens is 315 g/mol. The van der Waals surface area contributed by atoms with Crippen molar-refractivity contribution in [3.8, 4) is 0 Å². The van der Waals surface area contributed by atoms with Crippen LogP contribution in [0, 0.1) is 0 Å². The zero-order valence-corrected chi connectivity index (χ0v) is 12.6. The number of nitrogens with two attached hydrogens (primary N) is 2. The van der Waals surface area contributed by atoms with Gasteiger partial charge in [-0.05, 0) is 24.1 Å². The summed E-state index contributed by atoms with van der Waals surface area (Å²) in [6, 6.07) is 4.77. The number of halogens is 2. The predicted octanol–water partition coefficient (Wildman–Crippen LogP) is 2.23. The first-order valence-electron chi connectivity index (χ1n) is 6.26. The highest BCUT2D eigenvalue weighted by Gasteiger charge is 2.16. The second-order valence-corrected chi connectivity index (χ2v) is 5.40. The molecule has 1 atom stereocenters. The van der Waals surface area contributed by atoms with Crippen molar-refractivity contribution in [1.82, 2.24) is 10.1 Å². The predicted molar refractivity (Wildman–Crippen MR) is 78.9 cm³/mol. The lowest BCUT2D eigenvalue weighted by Gasteiger charge is -2.03. The first-order chi connectivity index (χ1) is 9.95. The molecule has 0 saturated carbocycles. The Morgan fingerprint density at radius 3 is 2.76 bits per heavy atom. The summed E-state index contributed by atoms with van der Waals surface area (Å²) in [5.41, 5.74) is 11.8.